The van der Waals surface area contributed by atoms with Crippen LogP contribution in [0.3, 0.4) is 0 Å². The minimum atomic E-state index is -4.96. The van der Waals surface area contributed by atoms with Crippen molar-refractivity contribution >= 4 is 39.5 Å². The molecule has 19 heteroatoms. The molecule has 0 aliphatic carbocycles. The molecule has 0 aromatic heterocycles. The lowest BCUT2D eigenvalue weighted by atomic mass is 10.0. The number of hydrogen-bond acceptors (Lipinski definition) is 15. The van der Waals surface area contributed by atoms with Crippen LogP contribution in [-0.4, -0.2) is 96.7 Å². The van der Waals surface area contributed by atoms with Gasteiger partial charge in [-0.3, -0.25) is 37.3 Å². The van der Waals surface area contributed by atoms with Gasteiger partial charge in [-0.1, -0.05) is 331 Å². The first kappa shape index (κ1) is 93.1. The number of aliphatic hydroxyl groups is 1. The molecule has 0 aliphatic rings. The lowest BCUT2D eigenvalue weighted by Gasteiger charge is -2.21. The van der Waals surface area contributed by atoms with E-state index in [4.69, 9.17) is 37.0 Å². The predicted molar refractivity (Wildman–Crippen MR) is 386 cm³/mol. The zero-order valence-electron chi connectivity index (χ0n) is 62.3. The van der Waals surface area contributed by atoms with Crippen LogP contribution in [0.5, 0.6) is 0 Å². The summed E-state index contributed by atoms with van der Waals surface area (Å²) in [5.41, 5.74) is 0. The maximum absolute atomic E-state index is 13.1. The van der Waals surface area contributed by atoms with Gasteiger partial charge in [0.15, 0.2) is 12.2 Å². The first-order valence-electron chi connectivity index (χ1n) is 39.2. The van der Waals surface area contributed by atoms with Gasteiger partial charge in [0, 0.05) is 25.7 Å². The average Bonchev–Trinajstić information content (AvgIpc) is 1.86. The highest BCUT2D eigenvalue weighted by atomic mass is 31.2. The Balaban J connectivity index is 5.22. The van der Waals surface area contributed by atoms with Crippen molar-refractivity contribution in [3.63, 3.8) is 0 Å². The van der Waals surface area contributed by atoms with Crippen LogP contribution < -0.4 is 0 Å². The molecule has 0 aliphatic heterocycles. The Hall–Kier alpha value is -1.94. The molecule has 0 radical (unpaired) electrons. The normalized spacial score (nSPS) is 14.1. The number of unbranched alkanes of at least 4 members (excludes halogenated alkanes) is 39. The molecular weight excluding hydrogens is 1250 g/mol. The molecule has 95 heavy (non-hydrogen) atoms. The maximum atomic E-state index is 13.1. The molecule has 0 heterocycles. The topological polar surface area (TPSA) is 237 Å². The summed E-state index contributed by atoms with van der Waals surface area (Å²) in [5, 5.41) is 10.6. The minimum Gasteiger partial charge on any atom is -0.462 e. The van der Waals surface area contributed by atoms with Crippen LogP contribution in [0, 0.1) is 23.7 Å². The second-order valence-electron chi connectivity index (χ2n) is 29.3. The van der Waals surface area contributed by atoms with Gasteiger partial charge in [-0.15, -0.1) is 0 Å². The van der Waals surface area contributed by atoms with Gasteiger partial charge in [0.25, 0.3) is 0 Å². The third-order valence-electron chi connectivity index (χ3n) is 17.6. The summed E-state index contributed by atoms with van der Waals surface area (Å²) in [4.78, 5) is 72.8. The number of rotatable bonds is 73. The van der Waals surface area contributed by atoms with Crippen LogP contribution in [0.2, 0.25) is 0 Å². The molecule has 5 atom stereocenters. The Bertz CT molecular complexity index is 1870. The molecular formula is C76H148O17P2. The maximum Gasteiger partial charge on any atom is 0.472 e. The molecule has 0 aromatic rings. The summed E-state index contributed by atoms with van der Waals surface area (Å²) in [6, 6.07) is 0. The number of phosphoric acid groups is 2. The van der Waals surface area contributed by atoms with Gasteiger partial charge in [-0.2, -0.15) is 0 Å². The lowest BCUT2D eigenvalue weighted by molar-refractivity contribution is -0.161. The first-order valence-corrected chi connectivity index (χ1v) is 42.2. The number of hydrogen-bond donors (Lipinski definition) is 3. The molecule has 0 amide bonds. The van der Waals surface area contributed by atoms with E-state index in [2.05, 4.69) is 55.4 Å². The highest BCUT2D eigenvalue weighted by Crippen LogP contribution is 2.45. The molecule has 0 saturated carbocycles. The van der Waals surface area contributed by atoms with E-state index in [0.717, 1.165) is 114 Å². The molecule has 0 fully saturated rings. The number of carbonyl (C=O) groups is 4. The summed E-state index contributed by atoms with van der Waals surface area (Å²) in [7, 11) is -9.91. The van der Waals surface area contributed by atoms with Crippen molar-refractivity contribution in [3.05, 3.63) is 0 Å². The Morgan fingerprint density at radius 3 is 0.653 bits per heavy atom. The van der Waals surface area contributed by atoms with E-state index >= 15 is 0 Å². The standard InChI is InChI=1S/C76H148O17P2/c1-66(2)52-44-36-28-22-16-12-10-9-11-13-19-26-32-42-50-58-75(80)93-72(63-87-74(79)57-49-41-35-34-39-47-55-69(7)8)65-91-95(84,85)89-61-70(77)60-88-94(82,83)90-64-71(92-76(81)59-51-43-33-27-21-15-18-24-30-38-46-54-68(5)6)62-86-73(78)56-48-40-31-25-20-14-17-23-29-37-45-53-67(3)4/h66-72,77H,9-65H2,1-8H3,(H,82,83)(H,84,85)/t70?,71-,72-/m1/s1. The number of esters is 4. The van der Waals surface area contributed by atoms with E-state index in [1.807, 2.05) is 0 Å². The van der Waals surface area contributed by atoms with Crippen LogP contribution in [0.15, 0.2) is 0 Å². The van der Waals surface area contributed by atoms with Gasteiger partial charge in [0.05, 0.1) is 26.4 Å². The summed E-state index contributed by atoms with van der Waals surface area (Å²) in [6.45, 7) is 14.2. The van der Waals surface area contributed by atoms with Gasteiger partial charge in [-0.25, -0.2) is 9.13 Å². The quantitative estimate of drug-likeness (QED) is 0.0222. The van der Waals surface area contributed by atoms with Crippen LogP contribution in [-0.2, 0) is 65.4 Å². The minimum absolute atomic E-state index is 0.106. The Morgan fingerprint density at radius 1 is 0.263 bits per heavy atom. The van der Waals surface area contributed by atoms with E-state index in [-0.39, 0.29) is 25.7 Å². The summed E-state index contributed by atoms with van der Waals surface area (Å²) in [6.07, 6.45) is 50.1. The van der Waals surface area contributed by atoms with Crippen LogP contribution in [0.4, 0.5) is 0 Å². The molecule has 0 rings (SSSR count). The van der Waals surface area contributed by atoms with E-state index < -0.39 is 97.5 Å². The highest BCUT2D eigenvalue weighted by molar-refractivity contribution is 7.47. The summed E-state index contributed by atoms with van der Waals surface area (Å²) >= 11 is 0. The smallest absolute Gasteiger partial charge is 0.462 e. The van der Waals surface area contributed by atoms with Gasteiger partial charge in [0.1, 0.15) is 19.3 Å². The second-order valence-corrected chi connectivity index (χ2v) is 32.2. The fraction of sp³-hybridized carbons (Fsp3) is 0.947. The van der Waals surface area contributed by atoms with Crippen molar-refractivity contribution in [2.75, 3.05) is 39.6 Å². The van der Waals surface area contributed by atoms with E-state index in [0.29, 0.717) is 31.6 Å². The third kappa shape index (κ3) is 70.3. The summed E-state index contributed by atoms with van der Waals surface area (Å²) < 4.78 is 68.5. The second kappa shape index (κ2) is 65.4. The van der Waals surface area contributed by atoms with Crippen molar-refractivity contribution in [1.29, 1.82) is 0 Å². The Labute approximate surface area is 581 Å². The lowest BCUT2D eigenvalue weighted by Crippen LogP contribution is -2.30. The molecule has 3 N–H and O–H groups in total. The molecule has 3 unspecified atom stereocenters. The van der Waals surface area contributed by atoms with Crippen molar-refractivity contribution in [1.82, 2.24) is 0 Å². The third-order valence-corrected chi connectivity index (χ3v) is 19.5. The average molecular weight is 1400 g/mol. The van der Waals surface area contributed by atoms with Crippen molar-refractivity contribution in [2.45, 2.75) is 401 Å². The number of phosphoric ester groups is 2. The van der Waals surface area contributed by atoms with Crippen LogP contribution >= 0.6 is 15.6 Å². The van der Waals surface area contributed by atoms with Crippen LogP contribution in [0.1, 0.15) is 383 Å². The van der Waals surface area contributed by atoms with Crippen molar-refractivity contribution < 1.29 is 80.2 Å². The molecule has 0 saturated heterocycles. The number of aliphatic hydroxyl groups excluding tert-OH is 1. The molecule has 564 valence electrons. The number of ether oxygens (including phenoxy) is 4. The first-order chi connectivity index (χ1) is 45.6. The SMILES string of the molecule is CC(C)CCCCCCCCCCCCCCCCCC(=O)O[C@H](COC(=O)CCCCCCCCC(C)C)COP(=O)(O)OCC(O)COP(=O)(O)OC[C@@H](COC(=O)CCCCCCCCCCCCCC(C)C)OC(=O)CCCCCCCCCCCCCC(C)C. The zero-order chi connectivity index (χ0) is 70.3. The van der Waals surface area contributed by atoms with E-state index in [1.54, 1.807) is 0 Å². The molecule has 17 nitrogen and oxygen atoms in total. The van der Waals surface area contributed by atoms with Crippen LogP contribution in [0.25, 0.3) is 0 Å². The van der Waals surface area contributed by atoms with E-state index in [1.165, 1.54) is 180 Å². The van der Waals surface area contributed by atoms with Gasteiger partial charge in [0.2, 0.25) is 0 Å². The Kier molecular flexibility index (Phi) is 64.0. The predicted octanol–water partition coefficient (Wildman–Crippen LogP) is 22.0. The van der Waals surface area contributed by atoms with Gasteiger partial charge in [-0.05, 0) is 49.4 Å². The van der Waals surface area contributed by atoms with Gasteiger partial charge >= 0.3 is 39.5 Å². The fourth-order valence-electron chi connectivity index (χ4n) is 11.6. The van der Waals surface area contributed by atoms with Gasteiger partial charge < -0.3 is 33.8 Å². The largest absolute Gasteiger partial charge is 0.472 e. The monoisotopic (exact) mass is 1400 g/mol. The molecule has 0 spiro atoms. The van der Waals surface area contributed by atoms with E-state index in [9.17, 15) is 43.2 Å². The fourth-order valence-corrected chi connectivity index (χ4v) is 13.1. The molecule has 0 bridgehead atoms. The van der Waals surface area contributed by atoms with Crippen molar-refractivity contribution in [2.24, 2.45) is 23.7 Å². The zero-order valence-corrected chi connectivity index (χ0v) is 64.1. The highest BCUT2D eigenvalue weighted by Gasteiger charge is 2.30. The summed E-state index contributed by atoms with van der Waals surface area (Å²) in [5.74, 6) is 0.896. The number of carbonyl (C=O) groups excluding carboxylic acids is 4. The molecule has 0 aromatic carbocycles. The Morgan fingerprint density at radius 2 is 0.442 bits per heavy atom. The van der Waals surface area contributed by atoms with Crippen molar-refractivity contribution in [3.8, 4) is 0 Å².